The molecule has 0 saturated carbocycles. The Morgan fingerprint density at radius 2 is 1.74 bits per heavy atom. The van der Waals surface area contributed by atoms with Crippen LogP contribution in [-0.4, -0.2) is 5.91 Å². The van der Waals surface area contributed by atoms with Gasteiger partial charge >= 0.3 is 0 Å². The minimum absolute atomic E-state index is 0.0405. The van der Waals surface area contributed by atoms with E-state index in [9.17, 15) is 10.1 Å². The molecule has 3 aromatic carbocycles. The minimum Gasteiger partial charge on any atom is -0.487 e. The second kappa shape index (κ2) is 11.3. The molecule has 4 nitrogen and oxygen atoms in total. The van der Waals surface area contributed by atoms with Gasteiger partial charge in [0.2, 0.25) is 0 Å². The Balaban J connectivity index is 1.76. The fraction of sp³-hybridized carbons (Fsp3) is 0.0833. The van der Waals surface area contributed by atoms with Crippen molar-refractivity contribution in [2.24, 2.45) is 0 Å². The third-order valence-corrected chi connectivity index (χ3v) is 6.56. The van der Waals surface area contributed by atoms with Crippen LogP contribution in [0.2, 0.25) is 0 Å². The highest BCUT2D eigenvalue weighted by Crippen LogP contribution is 2.30. The van der Waals surface area contributed by atoms with Gasteiger partial charge < -0.3 is 10.1 Å². The quantitative estimate of drug-likeness (QED) is 0.169. The number of rotatable bonds is 6. The zero-order valence-electron chi connectivity index (χ0n) is 16.5. The van der Waals surface area contributed by atoms with Crippen molar-refractivity contribution in [1.82, 2.24) is 0 Å². The summed E-state index contributed by atoms with van der Waals surface area (Å²) in [6.45, 7) is 2.53. The zero-order chi connectivity index (χ0) is 22.4. The van der Waals surface area contributed by atoms with Crippen LogP contribution < -0.4 is 10.1 Å². The number of nitrogens with one attached hydrogen (secondary N) is 1. The molecule has 0 spiro atoms. The van der Waals surface area contributed by atoms with Crippen LogP contribution in [-0.2, 0) is 11.4 Å². The topological polar surface area (TPSA) is 62.1 Å². The molecule has 7 heteroatoms. The van der Waals surface area contributed by atoms with Crippen molar-refractivity contribution in [3.05, 3.63) is 93.6 Å². The number of amides is 1. The van der Waals surface area contributed by atoms with Crippen molar-refractivity contribution in [3.8, 4) is 11.8 Å². The molecule has 0 aromatic heterocycles. The Morgan fingerprint density at radius 3 is 2.35 bits per heavy atom. The van der Waals surface area contributed by atoms with E-state index in [1.54, 1.807) is 12.1 Å². The highest BCUT2D eigenvalue weighted by Gasteiger charge is 2.13. The summed E-state index contributed by atoms with van der Waals surface area (Å²) in [6.07, 6.45) is 1.59. The van der Waals surface area contributed by atoms with Gasteiger partial charge in [0.25, 0.3) is 5.91 Å². The number of carbonyl (C=O) groups excluding carboxylic acids is 1. The summed E-state index contributed by atoms with van der Waals surface area (Å²) in [7, 11) is 0. The van der Waals surface area contributed by atoms with Crippen molar-refractivity contribution in [3.63, 3.8) is 0 Å². The fourth-order valence-electron chi connectivity index (χ4n) is 2.72. The van der Waals surface area contributed by atoms with Gasteiger partial charge in [0.1, 0.15) is 24.0 Å². The van der Waals surface area contributed by atoms with Gasteiger partial charge in [0.05, 0.1) is 7.14 Å². The second-order valence-electron chi connectivity index (χ2n) is 6.72. The van der Waals surface area contributed by atoms with Gasteiger partial charge in [-0.1, -0.05) is 35.9 Å². The first kappa shape index (κ1) is 24.0. The first-order chi connectivity index (χ1) is 14.9. The molecular weight excluding hydrogens is 729 g/mol. The first-order valence-corrected chi connectivity index (χ1v) is 12.5. The number of hydrogen-bond acceptors (Lipinski definition) is 3. The van der Waals surface area contributed by atoms with Crippen LogP contribution >= 0.6 is 67.8 Å². The van der Waals surface area contributed by atoms with Crippen LogP contribution in [0.15, 0.2) is 66.2 Å². The van der Waals surface area contributed by atoms with Gasteiger partial charge in [-0.3, -0.25) is 4.79 Å². The third-order valence-electron chi connectivity index (χ3n) is 4.28. The first-order valence-electron chi connectivity index (χ1n) is 9.22. The summed E-state index contributed by atoms with van der Waals surface area (Å²) in [5.74, 6) is 0.356. The molecule has 0 aliphatic heterocycles. The van der Waals surface area contributed by atoms with Gasteiger partial charge in [-0.15, -0.1) is 0 Å². The maximum absolute atomic E-state index is 12.5. The largest absolute Gasteiger partial charge is 0.487 e. The number of anilines is 1. The summed E-state index contributed by atoms with van der Waals surface area (Å²) >= 11 is 6.60. The smallest absolute Gasteiger partial charge is 0.266 e. The van der Waals surface area contributed by atoms with Crippen LogP contribution in [0, 0.1) is 29.0 Å². The molecule has 0 atom stereocenters. The Morgan fingerprint density at radius 1 is 1.06 bits per heavy atom. The zero-order valence-corrected chi connectivity index (χ0v) is 22.9. The lowest BCUT2D eigenvalue weighted by Gasteiger charge is -2.12. The van der Waals surface area contributed by atoms with E-state index in [1.807, 2.05) is 36.4 Å². The van der Waals surface area contributed by atoms with Gasteiger partial charge in [-0.2, -0.15) is 5.26 Å². The van der Waals surface area contributed by atoms with Crippen LogP contribution in [0.4, 0.5) is 5.69 Å². The van der Waals surface area contributed by atoms with E-state index in [2.05, 4.69) is 104 Å². The number of benzene rings is 3. The molecule has 1 amide bonds. The number of aryl methyl sites for hydroxylation is 1. The van der Waals surface area contributed by atoms with Crippen LogP contribution in [0.25, 0.3) is 6.08 Å². The molecule has 0 heterocycles. The maximum atomic E-state index is 12.5. The molecular formula is C24H17I3N2O2. The number of nitriles is 1. The SMILES string of the molecule is Cc1ccc(COc2c(I)cc(/C=C(\C#N)C(=O)Nc3cccc(I)c3)cc2I)cc1. The number of halogens is 3. The van der Waals surface area contributed by atoms with Crippen LogP contribution in [0.1, 0.15) is 16.7 Å². The summed E-state index contributed by atoms with van der Waals surface area (Å²) in [5, 5.41) is 12.3. The molecule has 1 N–H and O–H groups in total. The average molecular weight is 746 g/mol. The van der Waals surface area contributed by atoms with E-state index in [4.69, 9.17) is 4.74 Å². The molecule has 156 valence electrons. The molecule has 0 aliphatic rings. The lowest BCUT2D eigenvalue weighted by Crippen LogP contribution is -2.13. The van der Waals surface area contributed by atoms with E-state index in [0.717, 1.165) is 27.6 Å². The van der Waals surface area contributed by atoms with E-state index in [-0.39, 0.29) is 5.57 Å². The van der Waals surface area contributed by atoms with Gasteiger partial charge in [0, 0.05) is 9.26 Å². The minimum atomic E-state index is -0.436. The summed E-state index contributed by atoms with van der Waals surface area (Å²) in [6, 6.07) is 21.5. The normalized spacial score (nSPS) is 11.0. The van der Waals surface area contributed by atoms with Crippen molar-refractivity contribution in [2.75, 3.05) is 5.32 Å². The number of nitrogens with zero attached hydrogens (tertiary/aromatic N) is 1. The highest BCUT2D eigenvalue weighted by molar-refractivity contribution is 14.1. The summed E-state index contributed by atoms with van der Waals surface area (Å²) < 4.78 is 8.87. The standard InChI is InChI=1S/C24H17I3N2O2/c1-15-5-7-16(8-6-15)14-31-23-21(26)10-17(11-22(23)27)9-18(13-28)24(30)29-20-4-2-3-19(25)12-20/h2-12H,14H2,1H3,(H,29,30)/b18-9+. The molecule has 0 bridgehead atoms. The molecule has 0 radical (unpaired) electrons. The van der Waals surface area contributed by atoms with Crippen molar-refractivity contribution in [2.45, 2.75) is 13.5 Å². The lowest BCUT2D eigenvalue weighted by molar-refractivity contribution is -0.112. The van der Waals surface area contributed by atoms with Gasteiger partial charge in [0.15, 0.2) is 0 Å². The average Bonchev–Trinajstić information content (AvgIpc) is 2.72. The molecule has 3 rings (SSSR count). The van der Waals surface area contributed by atoms with Crippen LogP contribution in [0.3, 0.4) is 0 Å². The Labute approximate surface area is 222 Å². The predicted molar refractivity (Wildman–Crippen MR) is 149 cm³/mol. The van der Waals surface area contributed by atoms with Crippen LogP contribution in [0.5, 0.6) is 5.75 Å². The Bertz CT molecular complexity index is 1160. The van der Waals surface area contributed by atoms with Gasteiger partial charge in [-0.05, 0) is 122 Å². The Kier molecular flexibility index (Phi) is 8.74. The Hall–Kier alpha value is -1.65. The number of carbonyl (C=O) groups is 1. The molecule has 0 saturated heterocycles. The van der Waals surface area contributed by atoms with Crippen molar-refractivity contribution < 1.29 is 9.53 Å². The number of hydrogen-bond donors (Lipinski definition) is 1. The molecule has 3 aromatic rings. The van der Waals surface area contributed by atoms with E-state index >= 15 is 0 Å². The molecule has 0 unspecified atom stereocenters. The number of ether oxygens (including phenoxy) is 1. The van der Waals surface area contributed by atoms with Crippen molar-refractivity contribution >= 4 is 85.4 Å². The van der Waals surface area contributed by atoms with E-state index < -0.39 is 5.91 Å². The molecule has 0 aliphatic carbocycles. The second-order valence-corrected chi connectivity index (χ2v) is 10.3. The summed E-state index contributed by atoms with van der Waals surface area (Å²) in [5.41, 5.74) is 3.77. The fourth-order valence-corrected chi connectivity index (χ4v) is 5.39. The molecule has 31 heavy (non-hydrogen) atoms. The highest BCUT2D eigenvalue weighted by atomic mass is 127. The van der Waals surface area contributed by atoms with Crippen molar-refractivity contribution in [1.29, 1.82) is 5.26 Å². The molecule has 0 fully saturated rings. The maximum Gasteiger partial charge on any atom is 0.266 e. The van der Waals surface area contributed by atoms with E-state index in [1.165, 1.54) is 5.56 Å². The monoisotopic (exact) mass is 746 g/mol. The lowest BCUT2D eigenvalue weighted by atomic mass is 10.1. The summed E-state index contributed by atoms with van der Waals surface area (Å²) in [4.78, 5) is 12.5. The predicted octanol–water partition coefficient (Wildman–Crippen LogP) is 6.93. The van der Waals surface area contributed by atoms with E-state index in [0.29, 0.717) is 12.3 Å². The van der Waals surface area contributed by atoms with Gasteiger partial charge in [-0.25, -0.2) is 0 Å². The third kappa shape index (κ3) is 6.92.